The number of carbonyl (C=O) groups is 1. The monoisotopic (exact) mass is 567 g/mol. The van der Waals surface area contributed by atoms with E-state index >= 15 is 0 Å². The average Bonchev–Trinajstić information content (AvgIpc) is 2.03. The van der Waals surface area contributed by atoms with Crippen molar-refractivity contribution in [3.63, 3.8) is 0 Å². The van der Waals surface area contributed by atoms with Crippen molar-refractivity contribution in [2.75, 3.05) is 5.32 Å². The molecule has 0 aliphatic carbocycles. The molecule has 1 amide bonds. The number of amides is 1. The van der Waals surface area contributed by atoms with E-state index in [9.17, 15) is 4.79 Å². The van der Waals surface area contributed by atoms with Gasteiger partial charge in [0.25, 0.3) is 0 Å². The van der Waals surface area contributed by atoms with Crippen LogP contribution in [-0.4, -0.2) is 6.09 Å². The van der Waals surface area contributed by atoms with E-state index < -0.39 is 6.09 Å². The third-order valence-electron chi connectivity index (χ3n) is 1.67. The molecule has 0 spiro atoms. The van der Waals surface area contributed by atoms with Gasteiger partial charge in [-0.25, -0.2) is 4.79 Å². The molecular formula is C8H6ClNO2Os2. The molecule has 0 saturated heterocycles. The predicted octanol–water partition coefficient (Wildman–Crippen LogP) is 2.40. The number of anilines is 1. The van der Waals surface area contributed by atoms with Gasteiger partial charge in [0.1, 0.15) is 6.61 Å². The van der Waals surface area contributed by atoms with Crippen LogP contribution >= 0.6 is 11.6 Å². The third kappa shape index (κ3) is 3.03. The van der Waals surface area contributed by atoms with Gasteiger partial charge in [-0.1, -0.05) is 17.7 Å². The summed E-state index contributed by atoms with van der Waals surface area (Å²) in [5, 5.41) is 3.16. The fourth-order valence-corrected chi connectivity index (χ4v) is 1.25. The molecule has 78 valence electrons. The Morgan fingerprint density at radius 1 is 1.36 bits per heavy atom. The molecule has 1 aliphatic rings. The number of halogens is 1. The Labute approximate surface area is 113 Å². The minimum atomic E-state index is -0.426. The first-order valence-corrected chi connectivity index (χ1v) is 3.86. The van der Waals surface area contributed by atoms with Gasteiger partial charge in [-0.2, -0.15) is 0 Å². The molecule has 1 aromatic rings. The van der Waals surface area contributed by atoms with Crippen molar-refractivity contribution in [3.05, 3.63) is 28.8 Å². The van der Waals surface area contributed by atoms with Crippen LogP contribution in [0.1, 0.15) is 5.56 Å². The fourth-order valence-electron chi connectivity index (χ4n) is 1.08. The summed E-state index contributed by atoms with van der Waals surface area (Å²) in [6.07, 6.45) is -0.426. The summed E-state index contributed by atoms with van der Waals surface area (Å²) in [6, 6.07) is 5.30. The molecule has 0 unspecified atom stereocenters. The Morgan fingerprint density at radius 2 is 2.07 bits per heavy atom. The van der Waals surface area contributed by atoms with Gasteiger partial charge >= 0.3 is 6.09 Å². The first-order valence-electron chi connectivity index (χ1n) is 3.48. The Hall–Kier alpha value is 0.0527. The molecule has 2 rings (SSSR count). The number of ether oxygens (including phenoxy) is 1. The molecule has 0 atom stereocenters. The second-order valence-corrected chi connectivity index (χ2v) is 2.94. The van der Waals surface area contributed by atoms with Crippen molar-refractivity contribution in [2.24, 2.45) is 0 Å². The SMILES string of the molecule is O=C1Nc2cc(Cl)ccc2CO1.[Os].[Os]. The zero-order chi connectivity index (χ0) is 8.55. The molecule has 0 saturated carbocycles. The van der Waals surface area contributed by atoms with E-state index in [1.165, 1.54) is 0 Å². The van der Waals surface area contributed by atoms with Gasteiger partial charge < -0.3 is 4.74 Å². The van der Waals surface area contributed by atoms with Crippen LogP contribution in [0.2, 0.25) is 5.02 Å². The molecule has 14 heavy (non-hydrogen) atoms. The van der Waals surface area contributed by atoms with Crippen molar-refractivity contribution in [3.8, 4) is 0 Å². The van der Waals surface area contributed by atoms with Gasteiger partial charge in [0, 0.05) is 50.2 Å². The molecule has 1 heterocycles. The van der Waals surface area contributed by atoms with Crippen LogP contribution < -0.4 is 5.32 Å². The summed E-state index contributed by atoms with van der Waals surface area (Å²) < 4.78 is 4.75. The average molecular weight is 564 g/mol. The van der Waals surface area contributed by atoms with Crippen LogP contribution in [-0.2, 0) is 50.9 Å². The zero-order valence-corrected chi connectivity index (χ0v) is 12.7. The Balaban J connectivity index is 0.000000845. The second-order valence-electron chi connectivity index (χ2n) is 2.50. The first kappa shape index (κ1) is 14.1. The zero-order valence-electron chi connectivity index (χ0n) is 6.84. The van der Waals surface area contributed by atoms with Gasteiger partial charge in [0.2, 0.25) is 0 Å². The van der Waals surface area contributed by atoms with Gasteiger partial charge in [-0.15, -0.1) is 0 Å². The molecular weight excluding hydrogens is 558 g/mol. The number of hydrogen-bond acceptors (Lipinski definition) is 2. The molecule has 1 aromatic carbocycles. The van der Waals surface area contributed by atoms with Crippen LogP contribution in [0, 0.1) is 0 Å². The van der Waals surface area contributed by atoms with E-state index in [1.54, 1.807) is 12.1 Å². The van der Waals surface area contributed by atoms with Crippen LogP contribution in [0.5, 0.6) is 0 Å². The smallest absolute Gasteiger partial charge is 0.411 e. The Bertz CT molecular complexity index is 346. The summed E-state index contributed by atoms with van der Waals surface area (Å²) in [5.74, 6) is 0. The van der Waals surface area contributed by atoms with E-state index in [2.05, 4.69) is 5.32 Å². The quantitative estimate of drug-likeness (QED) is 0.527. The predicted molar refractivity (Wildman–Crippen MR) is 45.3 cm³/mol. The summed E-state index contributed by atoms with van der Waals surface area (Å²) in [5.41, 5.74) is 1.68. The molecule has 6 heteroatoms. The van der Waals surface area contributed by atoms with Gasteiger partial charge in [-0.3, -0.25) is 5.32 Å². The number of hydrogen-bond donors (Lipinski definition) is 1. The van der Waals surface area contributed by atoms with Crippen molar-refractivity contribution in [1.29, 1.82) is 0 Å². The number of carbonyl (C=O) groups excluding carboxylic acids is 1. The molecule has 0 fully saturated rings. The maximum Gasteiger partial charge on any atom is 0.411 e. The molecule has 1 N–H and O–H groups in total. The second kappa shape index (κ2) is 5.82. The minimum absolute atomic E-state index is 0. The maximum atomic E-state index is 10.8. The topological polar surface area (TPSA) is 38.3 Å². The van der Waals surface area contributed by atoms with E-state index in [4.69, 9.17) is 16.3 Å². The molecule has 3 nitrogen and oxygen atoms in total. The molecule has 0 bridgehead atoms. The van der Waals surface area contributed by atoms with Crippen LogP contribution in [0.15, 0.2) is 18.2 Å². The summed E-state index contributed by atoms with van der Waals surface area (Å²) in [4.78, 5) is 10.8. The van der Waals surface area contributed by atoms with Crippen molar-refractivity contribution in [2.45, 2.75) is 6.61 Å². The number of rotatable bonds is 0. The van der Waals surface area contributed by atoms with E-state index in [0.29, 0.717) is 11.6 Å². The maximum absolute atomic E-state index is 10.8. The summed E-state index contributed by atoms with van der Waals surface area (Å²) in [7, 11) is 0. The van der Waals surface area contributed by atoms with Gasteiger partial charge in [-0.05, 0) is 12.1 Å². The fraction of sp³-hybridized carbons (Fsp3) is 0.125. The Kier molecular flexibility index (Phi) is 5.84. The van der Waals surface area contributed by atoms with E-state index in [-0.39, 0.29) is 39.6 Å². The number of fused-ring (bicyclic) bond motifs is 1. The normalized spacial score (nSPS) is 12.5. The standard InChI is InChI=1S/C8H6ClNO2.2Os/c9-6-2-1-5-4-12-8(11)10-7(5)3-6;;/h1-3H,4H2,(H,10,11);;. The first-order chi connectivity index (χ1) is 5.75. The van der Waals surface area contributed by atoms with Crippen LogP contribution in [0.25, 0.3) is 0 Å². The van der Waals surface area contributed by atoms with E-state index in [0.717, 1.165) is 11.3 Å². The third-order valence-corrected chi connectivity index (χ3v) is 1.90. The van der Waals surface area contributed by atoms with E-state index in [1.807, 2.05) is 6.07 Å². The Morgan fingerprint density at radius 3 is 2.79 bits per heavy atom. The number of benzene rings is 1. The molecule has 1 aliphatic heterocycles. The van der Waals surface area contributed by atoms with Crippen LogP contribution in [0.3, 0.4) is 0 Å². The number of nitrogens with one attached hydrogen (secondary N) is 1. The van der Waals surface area contributed by atoms with Crippen molar-refractivity contribution >= 4 is 23.4 Å². The van der Waals surface area contributed by atoms with Crippen molar-refractivity contribution < 1.29 is 49.1 Å². The molecule has 0 radical (unpaired) electrons. The largest absolute Gasteiger partial charge is 0.444 e. The van der Waals surface area contributed by atoms with Crippen molar-refractivity contribution in [1.82, 2.24) is 0 Å². The summed E-state index contributed by atoms with van der Waals surface area (Å²) in [6.45, 7) is 0.318. The molecule has 0 aromatic heterocycles. The van der Waals surface area contributed by atoms with Gasteiger partial charge in [0.05, 0.1) is 5.69 Å². The minimum Gasteiger partial charge on any atom is -0.444 e. The van der Waals surface area contributed by atoms with Gasteiger partial charge in [0.15, 0.2) is 0 Å². The summed E-state index contributed by atoms with van der Waals surface area (Å²) >= 11 is 5.73. The van der Waals surface area contributed by atoms with Crippen LogP contribution in [0.4, 0.5) is 10.5 Å². The number of cyclic esters (lactones) is 1.